The number of rotatable bonds is 3. The summed E-state index contributed by atoms with van der Waals surface area (Å²) >= 11 is 0. The fourth-order valence-electron chi connectivity index (χ4n) is 1.94. The minimum Gasteiger partial charge on any atom is -0.459 e. The highest BCUT2D eigenvalue weighted by Crippen LogP contribution is 2.15. The van der Waals surface area contributed by atoms with Crippen molar-refractivity contribution in [1.82, 2.24) is 4.90 Å². The summed E-state index contributed by atoms with van der Waals surface area (Å²) in [5.41, 5.74) is -0.486. The molecular formula is C12H23NO3. The second kappa shape index (κ2) is 5.64. The maximum absolute atomic E-state index is 11.9. The summed E-state index contributed by atoms with van der Waals surface area (Å²) in [7, 11) is 0. The molecular weight excluding hydrogens is 206 g/mol. The summed E-state index contributed by atoms with van der Waals surface area (Å²) in [6.07, 6.45) is 3.40. The van der Waals surface area contributed by atoms with E-state index >= 15 is 0 Å². The Labute approximate surface area is 97.6 Å². The van der Waals surface area contributed by atoms with Crippen LogP contribution >= 0.6 is 0 Å². The number of carbonyl (C=O) groups excluding carboxylic acids is 1. The highest BCUT2D eigenvalue weighted by Gasteiger charge is 2.30. The average Bonchev–Trinajstić information content (AvgIpc) is 2.17. The molecule has 0 aromatic heterocycles. The summed E-state index contributed by atoms with van der Waals surface area (Å²) in [6, 6.07) is -0.487. The van der Waals surface area contributed by atoms with Gasteiger partial charge >= 0.3 is 5.97 Å². The SMILES string of the molecule is CC(C)(C)OC(=O)C(CO)N1CCCCC1. The van der Waals surface area contributed by atoms with Crippen LogP contribution in [0.1, 0.15) is 40.0 Å². The molecule has 1 fully saturated rings. The van der Waals surface area contributed by atoms with Crippen LogP contribution < -0.4 is 0 Å². The molecule has 94 valence electrons. The molecule has 1 atom stereocenters. The Hall–Kier alpha value is -0.610. The van der Waals surface area contributed by atoms with Crippen LogP contribution in [-0.4, -0.2) is 47.3 Å². The van der Waals surface area contributed by atoms with Crippen LogP contribution in [0.15, 0.2) is 0 Å². The van der Waals surface area contributed by atoms with Crippen LogP contribution in [0.3, 0.4) is 0 Å². The lowest BCUT2D eigenvalue weighted by molar-refractivity contribution is -0.163. The topological polar surface area (TPSA) is 49.8 Å². The Kier molecular flexibility index (Phi) is 4.74. The summed E-state index contributed by atoms with van der Waals surface area (Å²) in [4.78, 5) is 13.9. The number of hydrogen-bond acceptors (Lipinski definition) is 4. The van der Waals surface area contributed by atoms with Gasteiger partial charge in [0.15, 0.2) is 0 Å². The molecule has 1 heterocycles. The van der Waals surface area contributed by atoms with E-state index in [9.17, 15) is 9.90 Å². The normalized spacial score (nSPS) is 20.5. The number of esters is 1. The van der Waals surface area contributed by atoms with Crippen LogP contribution in [0, 0.1) is 0 Å². The van der Waals surface area contributed by atoms with Crippen LogP contribution in [0.2, 0.25) is 0 Å². The van der Waals surface area contributed by atoms with E-state index < -0.39 is 11.6 Å². The summed E-state index contributed by atoms with van der Waals surface area (Å²) in [6.45, 7) is 7.13. The number of piperidine rings is 1. The Morgan fingerprint density at radius 2 is 1.88 bits per heavy atom. The fraction of sp³-hybridized carbons (Fsp3) is 0.917. The van der Waals surface area contributed by atoms with Crippen LogP contribution in [0.25, 0.3) is 0 Å². The predicted molar refractivity (Wildman–Crippen MR) is 62.1 cm³/mol. The first-order valence-electron chi connectivity index (χ1n) is 6.02. The molecule has 16 heavy (non-hydrogen) atoms. The third kappa shape index (κ3) is 4.10. The van der Waals surface area contributed by atoms with Gasteiger partial charge in [0.2, 0.25) is 0 Å². The van der Waals surface area contributed by atoms with Gasteiger partial charge < -0.3 is 9.84 Å². The van der Waals surface area contributed by atoms with Gasteiger partial charge in [-0.3, -0.25) is 9.69 Å². The van der Waals surface area contributed by atoms with Gasteiger partial charge in [0, 0.05) is 0 Å². The van der Waals surface area contributed by atoms with E-state index in [-0.39, 0.29) is 12.6 Å². The number of likely N-dealkylation sites (tertiary alicyclic amines) is 1. The molecule has 1 aliphatic heterocycles. The highest BCUT2D eigenvalue weighted by molar-refractivity contribution is 5.76. The lowest BCUT2D eigenvalue weighted by Crippen LogP contribution is -2.48. The van der Waals surface area contributed by atoms with Crippen molar-refractivity contribution in [3.05, 3.63) is 0 Å². The fourth-order valence-corrected chi connectivity index (χ4v) is 1.94. The average molecular weight is 229 g/mol. The standard InChI is InChI=1S/C12H23NO3/c1-12(2,3)16-11(15)10(9-14)13-7-5-4-6-8-13/h10,14H,4-9H2,1-3H3. The van der Waals surface area contributed by atoms with E-state index in [1.54, 1.807) is 0 Å². The van der Waals surface area contributed by atoms with Crippen molar-refractivity contribution >= 4 is 5.97 Å². The van der Waals surface area contributed by atoms with Gasteiger partial charge in [-0.1, -0.05) is 6.42 Å². The zero-order chi connectivity index (χ0) is 12.2. The molecule has 0 bridgehead atoms. The molecule has 0 aromatic carbocycles. The molecule has 1 aliphatic rings. The van der Waals surface area contributed by atoms with Gasteiger partial charge in [-0.25, -0.2) is 0 Å². The molecule has 1 unspecified atom stereocenters. The van der Waals surface area contributed by atoms with Gasteiger partial charge in [-0.05, 0) is 46.7 Å². The minimum absolute atomic E-state index is 0.158. The molecule has 4 heteroatoms. The van der Waals surface area contributed by atoms with Gasteiger partial charge in [0.05, 0.1) is 6.61 Å². The molecule has 0 aliphatic carbocycles. The smallest absolute Gasteiger partial charge is 0.326 e. The number of hydrogen-bond donors (Lipinski definition) is 1. The third-order valence-electron chi connectivity index (χ3n) is 2.68. The molecule has 1 N–H and O–H groups in total. The van der Waals surface area contributed by atoms with E-state index in [1.165, 1.54) is 6.42 Å². The van der Waals surface area contributed by atoms with Crippen molar-refractivity contribution in [2.45, 2.75) is 51.7 Å². The van der Waals surface area contributed by atoms with Crippen molar-refractivity contribution in [2.24, 2.45) is 0 Å². The third-order valence-corrected chi connectivity index (χ3v) is 2.68. The highest BCUT2D eigenvalue weighted by atomic mass is 16.6. The van der Waals surface area contributed by atoms with E-state index in [4.69, 9.17) is 4.74 Å². The van der Waals surface area contributed by atoms with Crippen molar-refractivity contribution in [2.75, 3.05) is 19.7 Å². The van der Waals surface area contributed by atoms with Gasteiger partial charge in [0.1, 0.15) is 11.6 Å². The number of nitrogens with zero attached hydrogens (tertiary/aromatic N) is 1. The zero-order valence-corrected chi connectivity index (χ0v) is 10.5. The molecule has 0 saturated carbocycles. The Bertz CT molecular complexity index is 229. The monoisotopic (exact) mass is 229 g/mol. The summed E-state index contributed by atoms with van der Waals surface area (Å²) in [5.74, 6) is -0.308. The Morgan fingerprint density at radius 1 is 1.31 bits per heavy atom. The number of ether oxygens (including phenoxy) is 1. The first-order valence-corrected chi connectivity index (χ1v) is 6.02. The second-order valence-electron chi connectivity index (χ2n) is 5.33. The maximum Gasteiger partial charge on any atom is 0.326 e. The Balaban J connectivity index is 2.55. The van der Waals surface area contributed by atoms with Crippen molar-refractivity contribution in [3.8, 4) is 0 Å². The minimum atomic E-state index is -0.487. The largest absolute Gasteiger partial charge is 0.459 e. The summed E-state index contributed by atoms with van der Waals surface area (Å²) in [5, 5.41) is 9.30. The Morgan fingerprint density at radius 3 is 2.31 bits per heavy atom. The molecule has 0 amide bonds. The van der Waals surface area contributed by atoms with E-state index in [0.29, 0.717) is 0 Å². The first-order chi connectivity index (χ1) is 7.44. The van der Waals surface area contributed by atoms with Gasteiger partial charge in [0.25, 0.3) is 0 Å². The van der Waals surface area contributed by atoms with Crippen molar-refractivity contribution in [1.29, 1.82) is 0 Å². The lowest BCUT2D eigenvalue weighted by Gasteiger charge is -2.33. The van der Waals surface area contributed by atoms with E-state index in [1.807, 2.05) is 25.7 Å². The van der Waals surface area contributed by atoms with Crippen LogP contribution in [0.5, 0.6) is 0 Å². The molecule has 0 aromatic rings. The summed E-state index contributed by atoms with van der Waals surface area (Å²) < 4.78 is 5.30. The number of carbonyl (C=O) groups is 1. The number of aliphatic hydroxyl groups is 1. The predicted octanol–water partition coefficient (Wildman–Crippen LogP) is 1.17. The molecule has 1 rings (SSSR count). The second-order valence-corrected chi connectivity index (χ2v) is 5.33. The van der Waals surface area contributed by atoms with Gasteiger partial charge in [-0.15, -0.1) is 0 Å². The molecule has 0 spiro atoms. The molecule has 0 radical (unpaired) electrons. The number of aliphatic hydroxyl groups excluding tert-OH is 1. The zero-order valence-electron chi connectivity index (χ0n) is 10.5. The lowest BCUT2D eigenvalue weighted by atomic mass is 10.1. The van der Waals surface area contributed by atoms with Crippen LogP contribution in [0.4, 0.5) is 0 Å². The van der Waals surface area contributed by atoms with Crippen molar-refractivity contribution < 1.29 is 14.6 Å². The first kappa shape index (κ1) is 13.5. The van der Waals surface area contributed by atoms with Gasteiger partial charge in [-0.2, -0.15) is 0 Å². The van der Waals surface area contributed by atoms with Crippen molar-refractivity contribution in [3.63, 3.8) is 0 Å². The maximum atomic E-state index is 11.9. The van der Waals surface area contributed by atoms with E-state index in [2.05, 4.69) is 0 Å². The molecule has 4 nitrogen and oxygen atoms in total. The van der Waals surface area contributed by atoms with Crippen LogP contribution in [-0.2, 0) is 9.53 Å². The molecule has 1 saturated heterocycles. The quantitative estimate of drug-likeness (QED) is 0.738. The van der Waals surface area contributed by atoms with E-state index in [0.717, 1.165) is 25.9 Å².